The van der Waals surface area contributed by atoms with Crippen LogP contribution in [0.4, 0.5) is 8.78 Å². The van der Waals surface area contributed by atoms with E-state index in [0.717, 1.165) is 15.8 Å². The molecule has 6 nitrogen and oxygen atoms in total. The van der Waals surface area contributed by atoms with E-state index in [-0.39, 0.29) is 22.5 Å². The summed E-state index contributed by atoms with van der Waals surface area (Å²) in [6, 6.07) is 12.7. The highest BCUT2D eigenvalue weighted by Gasteiger charge is 2.33. The van der Waals surface area contributed by atoms with Gasteiger partial charge in [0.2, 0.25) is 0 Å². The SMILES string of the molecule is CCOC(=O)C1=C(C)N=c2s/c(=C/c3ccccc3OC(F)F)c(=O)n2[C@H]1c1ccc(Br)cc1. The minimum Gasteiger partial charge on any atom is -0.463 e. The van der Waals surface area contributed by atoms with Gasteiger partial charge in [-0.2, -0.15) is 8.78 Å². The quantitative estimate of drug-likeness (QED) is 0.433. The summed E-state index contributed by atoms with van der Waals surface area (Å²) in [5.41, 5.74) is 1.34. The van der Waals surface area contributed by atoms with Crippen LogP contribution in [0.5, 0.6) is 5.75 Å². The van der Waals surface area contributed by atoms with Gasteiger partial charge in [0, 0.05) is 10.0 Å². The van der Waals surface area contributed by atoms with Gasteiger partial charge >= 0.3 is 12.6 Å². The topological polar surface area (TPSA) is 69.9 Å². The summed E-state index contributed by atoms with van der Waals surface area (Å²) in [5.74, 6) is -0.599. The molecule has 0 radical (unpaired) electrons. The van der Waals surface area contributed by atoms with E-state index in [0.29, 0.717) is 21.6 Å². The highest BCUT2D eigenvalue weighted by molar-refractivity contribution is 9.10. The third kappa shape index (κ3) is 4.74. The maximum atomic E-state index is 13.5. The summed E-state index contributed by atoms with van der Waals surface area (Å²) in [6.07, 6.45) is 1.49. The number of halogens is 3. The van der Waals surface area contributed by atoms with E-state index in [9.17, 15) is 18.4 Å². The maximum absolute atomic E-state index is 13.5. The molecule has 1 aliphatic heterocycles. The minimum absolute atomic E-state index is 0.0452. The zero-order valence-corrected chi connectivity index (χ0v) is 20.5. The normalized spacial score (nSPS) is 15.8. The lowest BCUT2D eigenvalue weighted by Crippen LogP contribution is -2.39. The maximum Gasteiger partial charge on any atom is 0.387 e. The second-order valence-corrected chi connectivity index (χ2v) is 9.19. The van der Waals surface area contributed by atoms with Crippen LogP contribution >= 0.6 is 27.3 Å². The van der Waals surface area contributed by atoms with Gasteiger partial charge in [-0.15, -0.1) is 0 Å². The van der Waals surface area contributed by atoms with Crippen molar-refractivity contribution in [2.75, 3.05) is 6.61 Å². The Morgan fingerprint density at radius 2 is 1.94 bits per heavy atom. The van der Waals surface area contributed by atoms with E-state index in [2.05, 4.69) is 25.7 Å². The average molecular weight is 549 g/mol. The number of nitrogens with zero attached hydrogens (tertiary/aromatic N) is 2. The van der Waals surface area contributed by atoms with Gasteiger partial charge in [-0.1, -0.05) is 57.6 Å². The molecule has 1 aromatic heterocycles. The Kier molecular flexibility index (Phi) is 7.08. The van der Waals surface area contributed by atoms with Crippen LogP contribution in [0.15, 0.2) is 74.1 Å². The molecule has 4 rings (SSSR count). The zero-order chi connectivity index (χ0) is 24.4. The van der Waals surface area contributed by atoms with Gasteiger partial charge in [0.1, 0.15) is 5.75 Å². The van der Waals surface area contributed by atoms with Crippen LogP contribution in [0.3, 0.4) is 0 Å². The van der Waals surface area contributed by atoms with Crippen molar-refractivity contribution in [3.05, 3.63) is 95.1 Å². The summed E-state index contributed by atoms with van der Waals surface area (Å²) >= 11 is 4.51. The number of rotatable bonds is 6. The number of hydrogen-bond acceptors (Lipinski definition) is 6. The molecule has 0 saturated heterocycles. The fourth-order valence-electron chi connectivity index (χ4n) is 3.70. The number of para-hydroxylation sites is 1. The number of benzene rings is 2. The molecular weight excluding hydrogens is 530 g/mol. The van der Waals surface area contributed by atoms with Crippen molar-refractivity contribution in [3.63, 3.8) is 0 Å². The van der Waals surface area contributed by atoms with Crippen molar-refractivity contribution >= 4 is 39.3 Å². The van der Waals surface area contributed by atoms with E-state index in [1.54, 1.807) is 32.0 Å². The predicted molar refractivity (Wildman–Crippen MR) is 128 cm³/mol. The second kappa shape index (κ2) is 10.0. The van der Waals surface area contributed by atoms with Gasteiger partial charge in [-0.05, 0) is 43.7 Å². The lowest BCUT2D eigenvalue weighted by molar-refractivity contribution is -0.139. The number of alkyl halides is 2. The highest BCUT2D eigenvalue weighted by atomic mass is 79.9. The van der Waals surface area contributed by atoms with E-state index in [4.69, 9.17) is 4.74 Å². The Balaban J connectivity index is 1.93. The summed E-state index contributed by atoms with van der Waals surface area (Å²) < 4.78 is 38.1. The first-order valence-corrected chi connectivity index (χ1v) is 11.9. The Bertz CT molecular complexity index is 1440. The largest absolute Gasteiger partial charge is 0.463 e. The third-order valence-electron chi connectivity index (χ3n) is 5.12. The van der Waals surface area contributed by atoms with Gasteiger partial charge in [-0.3, -0.25) is 9.36 Å². The van der Waals surface area contributed by atoms with Crippen molar-refractivity contribution in [2.45, 2.75) is 26.5 Å². The summed E-state index contributed by atoms with van der Waals surface area (Å²) in [6.45, 7) is 0.578. The van der Waals surface area contributed by atoms with Gasteiger partial charge in [0.05, 0.1) is 28.5 Å². The molecule has 1 aliphatic rings. The number of carbonyl (C=O) groups is 1. The summed E-state index contributed by atoms with van der Waals surface area (Å²) in [4.78, 5) is 31.3. The van der Waals surface area contributed by atoms with Gasteiger partial charge in [-0.25, -0.2) is 9.79 Å². The molecular formula is C24H19BrF2N2O4S. The number of carbonyl (C=O) groups excluding carboxylic acids is 1. The van der Waals surface area contributed by atoms with Crippen molar-refractivity contribution in [1.82, 2.24) is 4.57 Å². The molecule has 176 valence electrons. The molecule has 3 aromatic rings. The number of esters is 1. The first-order chi connectivity index (χ1) is 16.3. The molecule has 10 heteroatoms. The zero-order valence-electron chi connectivity index (χ0n) is 18.1. The second-order valence-electron chi connectivity index (χ2n) is 7.27. The number of thiazole rings is 1. The molecule has 0 saturated carbocycles. The van der Waals surface area contributed by atoms with Gasteiger partial charge < -0.3 is 9.47 Å². The molecule has 0 bridgehead atoms. The van der Waals surface area contributed by atoms with Crippen molar-refractivity contribution in [2.24, 2.45) is 4.99 Å². The molecule has 0 unspecified atom stereocenters. The molecule has 0 spiro atoms. The van der Waals surface area contributed by atoms with Crippen molar-refractivity contribution in [3.8, 4) is 5.75 Å². The predicted octanol–water partition coefficient (Wildman–Crippen LogP) is 4.16. The number of ether oxygens (including phenoxy) is 2. The summed E-state index contributed by atoms with van der Waals surface area (Å²) in [7, 11) is 0. The minimum atomic E-state index is -3.00. The summed E-state index contributed by atoms with van der Waals surface area (Å²) in [5, 5.41) is 0. The Morgan fingerprint density at radius 1 is 1.24 bits per heavy atom. The van der Waals surface area contributed by atoms with Crippen LogP contribution in [0.2, 0.25) is 0 Å². The number of aromatic nitrogens is 1. The van der Waals surface area contributed by atoms with Crippen LogP contribution in [0.1, 0.15) is 31.0 Å². The molecule has 34 heavy (non-hydrogen) atoms. The van der Waals surface area contributed by atoms with Crippen LogP contribution in [-0.2, 0) is 9.53 Å². The highest BCUT2D eigenvalue weighted by Crippen LogP contribution is 2.31. The molecule has 1 atom stereocenters. The van der Waals surface area contributed by atoms with Crippen LogP contribution in [0.25, 0.3) is 6.08 Å². The third-order valence-corrected chi connectivity index (χ3v) is 6.64. The van der Waals surface area contributed by atoms with Crippen LogP contribution < -0.4 is 19.6 Å². The van der Waals surface area contributed by atoms with E-state index in [1.165, 1.54) is 16.7 Å². The Hall–Kier alpha value is -3.11. The fraction of sp³-hybridized carbons (Fsp3) is 0.208. The van der Waals surface area contributed by atoms with Crippen LogP contribution in [0, 0.1) is 0 Å². The van der Waals surface area contributed by atoms with Crippen molar-refractivity contribution < 1.29 is 23.0 Å². The van der Waals surface area contributed by atoms with E-state index in [1.807, 2.05) is 24.3 Å². The average Bonchev–Trinajstić information content (AvgIpc) is 3.09. The smallest absolute Gasteiger partial charge is 0.387 e. The molecule has 0 amide bonds. The first-order valence-electron chi connectivity index (χ1n) is 10.3. The van der Waals surface area contributed by atoms with Gasteiger partial charge in [0.15, 0.2) is 4.80 Å². The Labute approximate surface area is 205 Å². The van der Waals surface area contributed by atoms with Crippen LogP contribution in [-0.4, -0.2) is 23.8 Å². The number of allylic oxidation sites excluding steroid dienone is 1. The lowest BCUT2D eigenvalue weighted by Gasteiger charge is -2.24. The van der Waals surface area contributed by atoms with Crippen molar-refractivity contribution in [1.29, 1.82) is 0 Å². The first kappa shape index (κ1) is 24.0. The standard InChI is InChI=1S/C24H19BrF2N2O4S/c1-3-32-22(31)19-13(2)28-24-29(20(19)14-8-10-16(25)11-9-14)21(30)18(34-24)12-15-6-4-5-7-17(15)33-23(26)27/h4-12,20,23H,3H2,1-2H3/b18-12+/t20-/m0/s1. The monoisotopic (exact) mass is 548 g/mol. The number of hydrogen-bond donors (Lipinski definition) is 0. The molecule has 2 aromatic carbocycles. The van der Waals surface area contributed by atoms with E-state index < -0.39 is 24.2 Å². The molecule has 0 aliphatic carbocycles. The van der Waals surface area contributed by atoms with Gasteiger partial charge in [0.25, 0.3) is 5.56 Å². The lowest BCUT2D eigenvalue weighted by atomic mass is 9.96. The molecule has 0 fully saturated rings. The number of fused-ring (bicyclic) bond motifs is 1. The molecule has 0 N–H and O–H groups in total. The molecule has 2 heterocycles. The fourth-order valence-corrected chi connectivity index (χ4v) is 5.00. The van der Waals surface area contributed by atoms with E-state index >= 15 is 0 Å². The Morgan fingerprint density at radius 3 is 2.62 bits per heavy atom.